The Morgan fingerprint density at radius 2 is 1.13 bits per heavy atom. The fraction of sp³-hybridized carbons (Fsp3) is 0.0870. The molecule has 0 aliphatic heterocycles. The predicted octanol–water partition coefficient (Wildman–Crippen LogP) is 12.5. The average molecular weight is 593 g/mol. The number of fused-ring (bicyclic) bond motifs is 2. The van der Waals surface area contributed by atoms with Crippen LogP contribution in [-0.4, -0.2) is 0 Å². The topological polar surface area (TPSA) is 0 Å². The quantitative estimate of drug-likeness (QED) is 0.118. The lowest BCUT2D eigenvalue weighted by molar-refractivity contribution is 0.754. The zero-order valence-electron chi connectivity index (χ0n) is 27.1. The van der Waals surface area contributed by atoms with Crippen LogP contribution in [0.2, 0.25) is 0 Å². The molecule has 0 heterocycles. The standard InChI is InChI=1S/C46H40/c1-7-10-22-32(4)44-38-27-17-19-29-40(38)45(41-30-20-18-28-39(41)44)33(5)31-43-34(6)37(21-8-2)42(9-3)46(43,35-23-13-11-14-24-35)36-25-15-12-16-26-36/h7-31H,1,3-4H2,2,5-6H3/b21-8-,22-10-,33-31+. The average Bonchev–Trinajstić information content (AvgIpc) is 3.33. The minimum absolute atomic E-state index is 0.528. The first kappa shape index (κ1) is 30.6. The molecule has 5 aromatic rings. The largest absolute Gasteiger partial charge is 0.0991 e. The van der Waals surface area contributed by atoms with Crippen molar-refractivity contribution >= 4 is 32.7 Å². The lowest BCUT2D eigenvalue weighted by Gasteiger charge is -2.36. The van der Waals surface area contributed by atoms with Crippen LogP contribution in [0, 0.1) is 0 Å². The van der Waals surface area contributed by atoms with Crippen molar-refractivity contribution in [2.75, 3.05) is 0 Å². The van der Waals surface area contributed by atoms with Crippen molar-refractivity contribution in [3.8, 4) is 0 Å². The maximum Gasteiger partial charge on any atom is 0.0710 e. The highest BCUT2D eigenvalue weighted by Crippen LogP contribution is 2.55. The van der Waals surface area contributed by atoms with E-state index in [0.29, 0.717) is 0 Å². The highest BCUT2D eigenvalue weighted by molar-refractivity contribution is 6.16. The third-order valence-corrected chi connectivity index (χ3v) is 9.30. The van der Waals surface area contributed by atoms with Crippen LogP contribution in [0.1, 0.15) is 43.0 Å². The van der Waals surface area contributed by atoms with E-state index < -0.39 is 5.41 Å². The van der Waals surface area contributed by atoms with Crippen molar-refractivity contribution in [3.05, 3.63) is 216 Å². The van der Waals surface area contributed by atoms with E-state index in [1.807, 2.05) is 6.08 Å². The second-order valence-corrected chi connectivity index (χ2v) is 11.8. The molecular formula is C46H40. The molecule has 0 aromatic heterocycles. The van der Waals surface area contributed by atoms with Gasteiger partial charge in [0.05, 0.1) is 5.41 Å². The number of allylic oxidation sites excluding steroid dienone is 13. The second-order valence-electron chi connectivity index (χ2n) is 11.8. The molecule has 224 valence electrons. The van der Waals surface area contributed by atoms with E-state index in [9.17, 15) is 0 Å². The molecule has 0 saturated heterocycles. The summed E-state index contributed by atoms with van der Waals surface area (Å²) >= 11 is 0. The van der Waals surface area contributed by atoms with E-state index in [-0.39, 0.29) is 0 Å². The summed E-state index contributed by atoms with van der Waals surface area (Å²) in [5, 5.41) is 4.81. The number of benzene rings is 5. The summed E-state index contributed by atoms with van der Waals surface area (Å²) in [6.45, 7) is 19.4. The summed E-state index contributed by atoms with van der Waals surface area (Å²) in [7, 11) is 0. The van der Waals surface area contributed by atoms with Gasteiger partial charge >= 0.3 is 0 Å². The molecule has 46 heavy (non-hydrogen) atoms. The van der Waals surface area contributed by atoms with Gasteiger partial charge in [-0.25, -0.2) is 0 Å². The number of hydrogen-bond donors (Lipinski definition) is 0. The second kappa shape index (κ2) is 12.9. The Bertz CT molecular complexity index is 2040. The van der Waals surface area contributed by atoms with Crippen LogP contribution in [0.25, 0.3) is 32.7 Å². The van der Waals surface area contributed by atoms with Crippen molar-refractivity contribution in [1.82, 2.24) is 0 Å². The fourth-order valence-electron chi connectivity index (χ4n) is 7.46. The molecule has 0 fully saturated rings. The van der Waals surface area contributed by atoms with E-state index in [4.69, 9.17) is 0 Å². The summed E-state index contributed by atoms with van der Waals surface area (Å²) in [6.07, 6.45) is 14.7. The molecule has 1 aliphatic carbocycles. The van der Waals surface area contributed by atoms with Crippen molar-refractivity contribution in [2.24, 2.45) is 0 Å². The predicted molar refractivity (Wildman–Crippen MR) is 202 cm³/mol. The van der Waals surface area contributed by atoms with E-state index in [2.05, 4.69) is 180 Å². The van der Waals surface area contributed by atoms with E-state index in [0.717, 1.165) is 11.1 Å². The fourth-order valence-corrected chi connectivity index (χ4v) is 7.46. The maximum atomic E-state index is 4.48. The van der Waals surface area contributed by atoms with Gasteiger partial charge in [0.1, 0.15) is 0 Å². The molecule has 0 saturated carbocycles. The van der Waals surface area contributed by atoms with Crippen molar-refractivity contribution in [3.63, 3.8) is 0 Å². The molecule has 0 bridgehead atoms. The van der Waals surface area contributed by atoms with Crippen LogP contribution < -0.4 is 0 Å². The zero-order chi connectivity index (χ0) is 32.3. The van der Waals surface area contributed by atoms with E-state index >= 15 is 0 Å². The monoisotopic (exact) mass is 592 g/mol. The molecule has 0 unspecified atom stereocenters. The van der Waals surface area contributed by atoms with Gasteiger partial charge < -0.3 is 0 Å². The lowest BCUT2D eigenvalue weighted by Crippen LogP contribution is -2.30. The van der Waals surface area contributed by atoms with Gasteiger partial charge in [0, 0.05) is 0 Å². The van der Waals surface area contributed by atoms with Crippen LogP contribution in [-0.2, 0) is 5.41 Å². The molecule has 1 aliphatic rings. The zero-order valence-corrected chi connectivity index (χ0v) is 27.1. The van der Waals surface area contributed by atoms with Crippen LogP contribution in [0.3, 0.4) is 0 Å². The molecular weight excluding hydrogens is 553 g/mol. The van der Waals surface area contributed by atoms with Crippen LogP contribution in [0.4, 0.5) is 0 Å². The summed E-state index contributed by atoms with van der Waals surface area (Å²) in [5.74, 6) is 0. The van der Waals surface area contributed by atoms with Gasteiger partial charge in [0.15, 0.2) is 0 Å². The van der Waals surface area contributed by atoms with Gasteiger partial charge in [-0.1, -0.05) is 171 Å². The number of rotatable bonds is 9. The Morgan fingerprint density at radius 1 is 0.652 bits per heavy atom. The molecule has 0 N–H and O–H groups in total. The Kier molecular flexibility index (Phi) is 8.55. The van der Waals surface area contributed by atoms with Gasteiger partial charge in [-0.3, -0.25) is 0 Å². The Balaban J connectivity index is 1.72. The molecule has 0 heteroatoms. The maximum absolute atomic E-state index is 4.48. The molecule has 6 rings (SSSR count). The van der Waals surface area contributed by atoms with Gasteiger partial charge in [-0.15, -0.1) is 0 Å². The van der Waals surface area contributed by atoms with Crippen LogP contribution >= 0.6 is 0 Å². The van der Waals surface area contributed by atoms with Crippen LogP contribution in [0.15, 0.2) is 194 Å². The summed E-state index contributed by atoms with van der Waals surface area (Å²) in [5.41, 5.74) is 11.5. The molecule has 0 radical (unpaired) electrons. The normalized spacial score (nSPS) is 15.1. The SMILES string of the molecule is C=C/C=C\C(=C)c1c2ccccc2c(/C(C)=C/C2=C(C)C(/C=C\C)=C(C=C)C2(c2ccccc2)c2ccccc2)c2ccccc12. The lowest BCUT2D eigenvalue weighted by atomic mass is 9.65. The van der Waals surface area contributed by atoms with Gasteiger partial charge in [-0.2, -0.15) is 0 Å². The third kappa shape index (κ3) is 4.88. The molecule has 0 spiro atoms. The van der Waals surface area contributed by atoms with Gasteiger partial charge in [0.25, 0.3) is 0 Å². The highest BCUT2D eigenvalue weighted by Gasteiger charge is 2.46. The van der Waals surface area contributed by atoms with E-state index in [1.54, 1.807) is 6.08 Å². The first-order chi connectivity index (χ1) is 22.5. The summed E-state index contributed by atoms with van der Waals surface area (Å²) < 4.78 is 0. The Labute approximate surface area is 274 Å². The number of hydrogen-bond acceptors (Lipinski definition) is 0. The Hall–Kier alpha value is -5.46. The van der Waals surface area contributed by atoms with E-state index in [1.165, 1.54) is 66.1 Å². The van der Waals surface area contributed by atoms with Crippen molar-refractivity contribution in [1.29, 1.82) is 0 Å². The van der Waals surface area contributed by atoms with Crippen molar-refractivity contribution in [2.45, 2.75) is 26.2 Å². The smallest absolute Gasteiger partial charge is 0.0710 e. The minimum atomic E-state index is -0.528. The van der Waals surface area contributed by atoms with Gasteiger partial charge in [0.2, 0.25) is 0 Å². The molecule has 0 atom stereocenters. The van der Waals surface area contributed by atoms with Gasteiger partial charge in [-0.05, 0) is 98.0 Å². The molecule has 0 nitrogen and oxygen atoms in total. The summed E-state index contributed by atoms with van der Waals surface area (Å²) in [4.78, 5) is 0. The molecule has 5 aromatic carbocycles. The summed E-state index contributed by atoms with van der Waals surface area (Å²) in [6, 6.07) is 39.3. The van der Waals surface area contributed by atoms with Crippen molar-refractivity contribution < 1.29 is 0 Å². The van der Waals surface area contributed by atoms with Crippen LogP contribution in [0.5, 0.6) is 0 Å². The first-order valence-electron chi connectivity index (χ1n) is 15.9. The highest BCUT2D eigenvalue weighted by atomic mass is 14.5. The molecule has 0 amide bonds. The first-order valence-corrected chi connectivity index (χ1v) is 15.9. The third-order valence-electron chi connectivity index (χ3n) is 9.30. The Morgan fingerprint density at radius 3 is 1.59 bits per heavy atom. The minimum Gasteiger partial charge on any atom is -0.0991 e.